The van der Waals surface area contributed by atoms with Crippen LogP contribution in [0.4, 0.5) is 0 Å². The Kier molecular flexibility index (Phi) is 3.94. The van der Waals surface area contributed by atoms with Gasteiger partial charge in [0.2, 0.25) is 0 Å². The fourth-order valence-electron chi connectivity index (χ4n) is 2.60. The summed E-state index contributed by atoms with van der Waals surface area (Å²) in [4.78, 5) is 6.66. The maximum Gasteiger partial charge on any atom is 0.0300 e. The van der Waals surface area contributed by atoms with Crippen molar-refractivity contribution in [2.45, 2.75) is 51.6 Å². The molecule has 1 aromatic heterocycles. The quantitative estimate of drug-likeness (QED) is 0.774. The first-order chi connectivity index (χ1) is 7.77. The van der Waals surface area contributed by atoms with Crippen LogP contribution in [0.1, 0.15) is 43.2 Å². The average Bonchev–Trinajstić information content (AvgIpc) is 2.33. The van der Waals surface area contributed by atoms with E-state index in [0.717, 1.165) is 12.6 Å². The molecule has 0 unspecified atom stereocenters. The molecule has 1 aromatic rings. The minimum atomic E-state index is 0.793. The molecular formula is C14H22N2. The maximum atomic E-state index is 4.15. The van der Waals surface area contributed by atoms with Crippen LogP contribution in [0.3, 0.4) is 0 Å². The molecule has 16 heavy (non-hydrogen) atoms. The summed E-state index contributed by atoms with van der Waals surface area (Å²) in [6, 6.07) is 2.94. The number of pyridine rings is 1. The van der Waals surface area contributed by atoms with Gasteiger partial charge in [-0.1, -0.05) is 19.3 Å². The van der Waals surface area contributed by atoms with E-state index in [1.54, 1.807) is 0 Å². The molecule has 0 aliphatic heterocycles. The normalized spacial score (nSPS) is 17.9. The molecule has 1 aliphatic carbocycles. The lowest BCUT2D eigenvalue weighted by molar-refractivity contribution is 0.184. The van der Waals surface area contributed by atoms with Gasteiger partial charge < -0.3 is 0 Å². The molecule has 0 radical (unpaired) electrons. The van der Waals surface area contributed by atoms with Gasteiger partial charge in [-0.2, -0.15) is 0 Å². The fraction of sp³-hybridized carbons (Fsp3) is 0.643. The molecule has 1 fully saturated rings. The molecule has 0 aromatic carbocycles. The predicted molar refractivity (Wildman–Crippen MR) is 67.3 cm³/mol. The van der Waals surface area contributed by atoms with Crippen LogP contribution in [0.5, 0.6) is 0 Å². The number of hydrogen-bond donors (Lipinski definition) is 0. The molecule has 0 spiro atoms. The Morgan fingerprint density at radius 3 is 2.75 bits per heavy atom. The summed E-state index contributed by atoms with van der Waals surface area (Å²) in [5.41, 5.74) is 2.73. The van der Waals surface area contributed by atoms with Gasteiger partial charge in [0.05, 0.1) is 0 Å². The van der Waals surface area contributed by atoms with Crippen molar-refractivity contribution in [3.05, 3.63) is 29.6 Å². The second-order valence-corrected chi connectivity index (χ2v) is 5.01. The molecule has 88 valence electrons. The van der Waals surface area contributed by atoms with Crippen LogP contribution in [0.2, 0.25) is 0 Å². The van der Waals surface area contributed by atoms with Crippen LogP contribution in [0.15, 0.2) is 18.5 Å². The third-order valence-electron chi connectivity index (χ3n) is 3.75. The van der Waals surface area contributed by atoms with Crippen molar-refractivity contribution in [3.63, 3.8) is 0 Å². The highest BCUT2D eigenvalue weighted by Crippen LogP contribution is 2.23. The molecule has 0 bridgehead atoms. The van der Waals surface area contributed by atoms with E-state index >= 15 is 0 Å². The first-order valence-corrected chi connectivity index (χ1v) is 6.37. The van der Waals surface area contributed by atoms with Gasteiger partial charge in [0, 0.05) is 25.0 Å². The zero-order valence-electron chi connectivity index (χ0n) is 10.4. The van der Waals surface area contributed by atoms with Crippen molar-refractivity contribution in [1.29, 1.82) is 0 Å². The average molecular weight is 218 g/mol. The topological polar surface area (TPSA) is 16.1 Å². The standard InChI is InChI=1S/C14H22N2/c1-12-10-15-9-8-13(12)11-16(2)14-6-4-3-5-7-14/h8-10,14H,3-7,11H2,1-2H3. The summed E-state index contributed by atoms with van der Waals surface area (Å²) in [6.45, 7) is 3.22. The molecule has 0 saturated heterocycles. The monoisotopic (exact) mass is 218 g/mol. The largest absolute Gasteiger partial charge is 0.299 e. The van der Waals surface area contributed by atoms with Crippen molar-refractivity contribution >= 4 is 0 Å². The molecule has 2 nitrogen and oxygen atoms in total. The summed E-state index contributed by atoms with van der Waals surface area (Å²) in [7, 11) is 2.26. The van der Waals surface area contributed by atoms with Crippen LogP contribution in [-0.2, 0) is 6.54 Å². The van der Waals surface area contributed by atoms with E-state index in [0.29, 0.717) is 0 Å². The van der Waals surface area contributed by atoms with E-state index in [9.17, 15) is 0 Å². The van der Waals surface area contributed by atoms with Gasteiger partial charge in [-0.25, -0.2) is 0 Å². The summed E-state index contributed by atoms with van der Waals surface area (Å²) in [6.07, 6.45) is 10.9. The Bertz CT molecular complexity index is 329. The van der Waals surface area contributed by atoms with E-state index in [2.05, 4.69) is 29.9 Å². The highest BCUT2D eigenvalue weighted by Gasteiger charge is 2.18. The number of aryl methyl sites for hydroxylation is 1. The van der Waals surface area contributed by atoms with Gasteiger partial charge in [0.25, 0.3) is 0 Å². The fourth-order valence-corrected chi connectivity index (χ4v) is 2.60. The molecule has 0 amide bonds. The van der Waals surface area contributed by atoms with Gasteiger partial charge >= 0.3 is 0 Å². The highest BCUT2D eigenvalue weighted by molar-refractivity contribution is 5.21. The molecule has 1 aliphatic rings. The second kappa shape index (κ2) is 5.44. The lowest BCUT2D eigenvalue weighted by Gasteiger charge is -2.31. The minimum absolute atomic E-state index is 0.793. The Morgan fingerprint density at radius 2 is 2.06 bits per heavy atom. The molecule has 1 saturated carbocycles. The lowest BCUT2D eigenvalue weighted by atomic mass is 9.94. The smallest absolute Gasteiger partial charge is 0.0300 e. The highest BCUT2D eigenvalue weighted by atomic mass is 15.1. The van der Waals surface area contributed by atoms with Gasteiger partial charge in [-0.3, -0.25) is 9.88 Å². The van der Waals surface area contributed by atoms with Crippen molar-refractivity contribution in [3.8, 4) is 0 Å². The molecule has 2 rings (SSSR count). The van der Waals surface area contributed by atoms with E-state index < -0.39 is 0 Å². The summed E-state index contributed by atoms with van der Waals surface area (Å²) < 4.78 is 0. The van der Waals surface area contributed by atoms with Crippen LogP contribution >= 0.6 is 0 Å². The summed E-state index contributed by atoms with van der Waals surface area (Å²) in [5.74, 6) is 0. The molecular weight excluding hydrogens is 196 g/mol. The Balaban J connectivity index is 1.96. The van der Waals surface area contributed by atoms with E-state index in [1.807, 2.05) is 12.4 Å². The number of nitrogens with zero attached hydrogens (tertiary/aromatic N) is 2. The lowest BCUT2D eigenvalue weighted by Crippen LogP contribution is -2.33. The van der Waals surface area contributed by atoms with Crippen molar-refractivity contribution in [1.82, 2.24) is 9.88 Å². The molecule has 0 N–H and O–H groups in total. The Morgan fingerprint density at radius 1 is 1.31 bits per heavy atom. The summed E-state index contributed by atoms with van der Waals surface area (Å²) >= 11 is 0. The summed E-state index contributed by atoms with van der Waals surface area (Å²) in [5, 5.41) is 0. The first-order valence-electron chi connectivity index (χ1n) is 6.37. The van der Waals surface area contributed by atoms with E-state index in [-0.39, 0.29) is 0 Å². The molecule has 1 heterocycles. The molecule has 0 atom stereocenters. The van der Waals surface area contributed by atoms with E-state index in [4.69, 9.17) is 0 Å². The van der Waals surface area contributed by atoms with Crippen molar-refractivity contribution in [2.24, 2.45) is 0 Å². The van der Waals surface area contributed by atoms with Gasteiger partial charge in [0.1, 0.15) is 0 Å². The Labute approximate surface area is 98.7 Å². The van der Waals surface area contributed by atoms with E-state index in [1.165, 1.54) is 43.2 Å². The minimum Gasteiger partial charge on any atom is -0.299 e. The Hall–Kier alpha value is -0.890. The number of hydrogen-bond acceptors (Lipinski definition) is 2. The third-order valence-corrected chi connectivity index (χ3v) is 3.75. The van der Waals surface area contributed by atoms with Gasteiger partial charge in [-0.05, 0) is 44.0 Å². The zero-order valence-corrected chi connectivity index (χ0v) is 10.4. The van der Waals surface area contributed by atoms with Crippen LogP contribution < -0.4 is 0 Å². The second-order valence-electron chi connectivity index (χ2n) is 5.01. The predicted octanol–water partition coefficient (Wildman–Crippen LogP) is 3.15. The molecule has 2 heteroatoms. The number of rotatable bonds is 3. The van der Waals surface area contributed by atoms with Gasteiger partial charge in [-0.15, -0.1) is 0 Å². The first kappa shape index (κ1) is 11.6. The van der Waals surface area contributed by atoms with Crippen molar-refractivity contribution < 1.29 is 0 Å². The zero-order chi connectivity index (χ0) is 11.4. The van der Waals surface area contributed by atoms with Gasteiger partial charge in [0.15, 0.2) is 0 Å². The van der Waals surface area contributed by atoms with Crippen molar-refractivity contribution in [2.75, 3.05) is 7.05 Å². The van der Waals surface area contributed by atoms with Crippen LogP contribution in [-0.4, -0.2) is 23.0 Å². The van der Waals surface area contributed by atoms with Crippen LogP contribution in [0.25, 0.3) is 0 Å². The number of aromatic nitrogens is 1. The van der Waals surface area contributed by atoms with Crippen LogP contribution in [0, 0.1) is 6.92 Å². The third kappa shape index (κ3) is 2.82. The SMILES string of the molecule is Cc1cnccc1CN(C)C1CCCCC1. The maximum absolute atomic E-state index is 4.15.